The van der Waals surface area contributed by atoms with Crippen molar-refractivity contribution < 1.29 is 9.52 Å². The van der Waals surface area contributed by atoms with Gasteiger partial charge in [0.15, 0.2) is 0 Å². The molecule has 1 aromatic carbocycles. The predicted molar refractivity (Wildman–Crippen MR) is 63.9 cm³/mol. The molecule has 0 fully saturated rings. The van der Waals surface area contributed by atoms with Gasteiger partial charge in [-0.2, -0.15) is 0 Å². The maximum absolute atomic E-state index is 9.34. The van der Waals surface area contributed by atoms with Crippen LogP contribution in [0.2, 0.25) is 0 Å². The van der Waals surface area contributed by atoms with E-state index in [1.807, 2.05) is 12.1 Å². The standard InChI is InChI=1S/C12H13BrO2/c1-7(2)11-8(6-14)5-10(13)12-9(11)3-4-15-12/h3-5,7,14H,6H2,1-2H3. The highest BCUT2D eigenvalue weighted by Gasteiger charge is 2.15. The predicted octanol–water partition coefficient (Wildman–Crippen LogP) is 3.81. The lowest BCUT2D eigenvalue weighted by molar-refractivity contribution is 0.280. The van der Waals surface area contributed by atoms with Gasteiger partial charge in [-0.05, 0) is 45.1 Å². The van der Waals surface area contributed by atoms with Gasteiger partial charge in [-0.15, -0.1) is 0 Å². The van der Waals surface area contributed by atoms with Gasteiger partial charge in [-0.25, -0.2) is 0 Å². The molecule has 0 spiro atoms. The summed E-state index contributed by atoms with van der Waals surface area (Å²) >= 11 is 3.45. The first kappa shape index (κ1) is 10.7. The van der Waals surface area contributed by atoms with E-state index in [4.69, 9.17) is 4.42 Å². The Kier molecular flexibility index (Phi) is 2.85. The van der Waals surface area contributed by atoms with Crippen LogP contribution in [-0.2, 0) is 6.61 Å². The van der Waals surface area contributed by atoms with E-state index in [0.717, 1.165) is 21.0 Å². The second-order valence-electron chi connectivity index (χ2n) is 3.91. The first-order chi connectivity index (χ1) is 7.15. The minimum Gasteiger partial charge on any atom is -0.463 e. The van der Waals surface area contributed by atoms with Crippen LogP contribution in [-0.4, -0.2) is 5.11 Å². The van der Waals surface area contributed by atoms with Crippen LogP contribution in [0.3, 0.4) is 0 Å². The van der Waals surface area contributed by atoms with Gasteiger partial charge < -0.3 is 9.52 Å². The number of halogens is 1. The van der Waals surface area contributed by atoms with E-state index in [1.54, 1.807) is 6.26 Å². The first-order valence-corrected chi connectivity index (χ1v) is 5.73. The summed E-state index contributed by atoms with van der Waals surface area (Å²) in [7, 11) is 0. The largest absolute Gasteiger partial charge is 0.463 e. The first-order valence-electron chi connectivity index (χ1n) is 4.94. The van der Waals surface area contributed by atoms with Crippen LogP contribution in [0.1, 0.15) is 30.9 Å². The van der Waals surface area contributed by atoms with E-state index in [1.165, 1.54) is 5.56 Å². The van der Waals surface area contributed by atoms with Gasteiger partial charge in [-0.3, -0.25) is 0 Å². The Labute approximate surface area is 97.0 Å². The van der Waals surface area contributed by atoms with Gasteiger partial charge in [0.2, 0.25) is 0 Å². The number of hydrogen-bond donors (Lipinski definition) is 1. The van der Waals surface area contributed by atoms with Gasteiger partial charge in [-0.1, -0.05) is 13.8 Å². The van der Waals surface area contributed by atoms with E-state index in [2.05, 4.69) is 29.8 Å². The summed E-state index contributed by atoms with van der Waals surface area (Å²) < 4.78 is 6.31. The molecule has 0 saturated carbocycles. The smallest absolute Gasteiger partial charge is 0.148 e. The lowest BCUT2D eigenvalue weighted by Gasteiger charge is -2.13. The Morgan fingerprint density at radius 2 is 2.20 bits per heavy atom. The van der Waals surface area contributed by atoms with E-state index in [0.29, 0.717) is 5.92 Å². The van der Waals surface area contributed by atoms with Crippen LogP contribution in [0.4, 0.5) is 0 Å². The average Bonchev–Trinajstić information content (AvgIpc) is 2.65. The molecule has 0 radical (unpaired) electrons. The molecule has 1 heterocycles. The highest BCUT2D eigenvalue weighted by molar-refractivity contribution is 9.10. The lowest BCUT2D eigenvalue weighted by Crippen LogP contribution is -1.97. The van der Waals surface area contributed by atoms with Crippen molar-refractivity contribution in [2.24, 2.45) is 0 Å². The van der Waals surface area contributed by atoms with Gasteiger partial charge in [0.05, 0.1) is 17.3 Å². The molecule has 0 aliphatic heterocycles. The van der Waals surface area contributed by atoms with Crippen molar-refractivity contribution >= 4 is 26.9 Å². The van der Waals surface area contributed by atoms with Crippen molar-refractivity contribution in [3.05, 3.63) is 34.0 Å². The molecule has 0 bridgehead atoms. The Morgan fingerprint density at radius 3 is 2.80 bits per heavy atom. The summed E-state index contributed by atoms with van der Waals surface area (Å²) in [6.07, 6.45) is 1.68. The minimum atomic E-state index is 0.0627. The lowest BCUT2D eigenvalue weighted by atomic mass is 9.94. The Bertz CT molecular complexity index is 486. The zero-order valence-electron chi connectivity index (χ0n) is 8.75. The van der Waals surface area contributed by atoms with Gasteiger partial charge in [0, 0.05) is 5.39 Å². The highest BCUT2D eigenvalue weighted by atomic mass is 79.9. The van der Waals surface area contributed by atoms with Crippen molar-refractivity contribution in [1.29, 1.82) is 0 Å². The summed E-state index contributed by atoms with van der Waals surface area (Å²) in [5.41, 5.74) is 2.99. The third kappa shape index (κ3) is 1.70. The SMILES string of the molecule is CC(C)c1c(CO)cc(Br)c2occc12. The van der Waals surface area contributed by atoms with Gasteiger partial charge >= 0.3 is 0 Å². The molecular formula is C12H13BrO2. The van der Waals surface area contributed by atoms with Crippen molar-refractivity contribution in [2.45, 2.75) is 26.4 Å². The number of hydrogen-bond acceptors (Lipinski definition) is 2. The maximum atomic E-state index is 9.34. The Balaban J connectivity index is 2.83. The Morgan fingerprint density at radius 1 is 1.47 bits per heavy atom. The molecule has 0 aliphatic carbocycles. The molecule has 0 atom stereocenters. The molecular weight excluding hydrogens is 256 g/mol. The molecule has 3 heteroatoms. The quantitative estimate of drug-likeness (QED) is 0.899. The van der Waals surface area contributed by atoms with Crippen molar-refractivity contribution in [2.75, 3.05) is 0 Å². The third-order valence-corrected chi connectivity index (χ3v) is 3.16. The number of fused-ring (bicyclic) bond motifs is 1. The summed E-state index contributed by atoms with van der Waals surface area (Å²) in [5, 5.41) is 10.4. The van der Waals surface area contributed by atoms with Crippen LogP contribution in [0.25, 0.3) is 11.0 Å². The molecule has 0 aliphatic rings. The summed E-state index contributed by atoms with van der Waals surface area (Å²) in [6, 6.07) is 3.88. The fourth-order valence-corrected chi connectivity index (χ4v) is 2.57. The molecule has 0 unspecified atom stereocenters. The molecule has 80 valence electrons. The number of benzene rings is 1. The van der Waals surface area contributed by atoms with Crippen LogP contribution in [0, 0.1) is 0 Å². The topological polar surface area (TPSA) is 33.4 Å². The number of aliphatic hydroxyl groups is 1. The van der Waals surface area contributed by atoms with Gasteiger partial charge in [0.25, 0.3) is 0 Å². The number of rotatable bonds is 2. The monoisotopic (exact) mass is 268 g/mol. The second-order valence-corrected chi connectivity index (χ2v) is 4.76. The fourth-order valence-electron chi connectivity index (χ4n) is 1.99. The summed E-state index contributed by atoms with van der Waals surface area (Å²) in [6.45, 7) is 4.30. The molecule has 0 saturated heterocycles. The molecule has 2 aromatic rings. The molecule has 2 nitrogen and oxygen atoms in total. The number of aliphatic hydroxyl groups excluding tert-OH is 1. The zero-order chi connectivity index (χ0) is 11.0. The average molecular weight is 269 g/mol. The van der Waals surface area contributed by atoms with E-state index in [-0.39, 0.29) is 6.61 Å². The van der Waals surface area contributed by atoms with E-state index < -0.39 is 0 Å². The molecule has 2 rings (SSSR count). The molecule has 1 N–H and O–H groups in total. The molecule has 0 amide bonds. The van der Waals surface area contributed by atoms with Crippen molar-refractivity contribution in [3.63, 3.8) is 0 Å². The molecule has 1 aromatic heterocycles. The Hall–Kier alpha value is -0.800. The van der Waals surface area contributed by atoms with E-state index in [9.17, 15) is 5.11 Å². The van der Waals surface area contributed by atoms with Crippen molar-refractivity contribution in [1.82, 2.24) is 0 Å². The van der Waals surface area contributed by atoms with Crippen LogP contribution < -0.4 is 0 Å². The zero-order valence-corrected chi connectivity index (χ0v) is 10.3. The van der Waals surface area contributed by atoms with Crippen LogP contribution >= 0.6 is 15.9 Å². The third-order valence-electron chi connectivity index (χ3n) is 2.57. The van der Waals surface area contributed by atoms with E-state index >= 15 is 0 Å². The molecule has 15 heavy (non-hydrogen) atoms. The minimum absolute atomic E-state index is 0.0627. The summed E-state index contributed by atoms with van der Waals surface area (Å²) in [4.78, 5) is 0. The van der Waals surface area contributed by atoms with Crippen LogP contribution in [0.5, 0.6) is 0 Å². The summed E-state index contributed by atoms with van der Waals surface area (Å²) in [5.74, 6) is 0.375. The van der Waals surface area contributed by atoms with Gasteiger partial charge in [0.1, 0.15) is 5.58 Å². The normalized spacial score (nSPS) is 11.5. The fraction of sp³-hybridized carbons (Fsp3) is 0.333. The van der Waals surface area contributed by atoms with Crippen LogP contribution in [0.15, 0.2) is 27.3 Å². The number of furan rings is 1. The second kappa shape index (κ2) is 3.99. The maximum Gasteiger partial charge on any atom is 0.148 e. The van der Waals surface area contributed by atoms with Crippen molar-refractivity contribution in [3.8, 4) is 0 Å². The highest BCUT2D eigenvalue weighted by Crippen LogP contribution is 2.34.